The van der Waals surface area contributed by atoms with Gasteiger partial charge in [0.1, 0.15) is 11.3 Å². The highest BCUT2D eigenvalue weighted by molar-refractivity contribution is 6.07. The van der Waals surface area contributed by atoms with E-state index in [0.29, 0.717) is 17.2 Å². The second-order valence-electron chi connectivity index (χ2n) is 6.97. The summed E-state index contributed by atoms with van der Waals surface area (Å²) in [5, 5.41) is 7.71. The van der Waals surface area contributed by atoms with Gasteiger partial charge in [0.15, 0.2) is 0 Å². The third-order valence-electron chi connectivity index (χ3n) is 4.76. The van der Waals surface area contributed by atoms with Crippen molar-refractivity contribution >= 4 is 18.2 Å². The monoisotopic (exact) mass is 365 g/mol. The average molecular weight is 365 g/mol. The van der Waals surface area contributed by atoms with Crippen LogP contribution in [-0.2, 0) is 10.3 Å². The zero-order valence-corrected chi connectivity index (χ0v) is 15.9. The Bertz CT molecular complexity index is 873. The van der Waals surface area contributed by atoms with Crippen LogP contribution < -0.4 is 10.1 Å². The lowest BCUT2D eigenvalue weighted by Gasteiger charge is -2.21. The third-order valence-corrected chi connectivity index (χ3v) is 4.76. The van der Waals surface area contributed by atoms with Crippen molar-refractivity contribution in [3.63, 3.8) is 0 Å². The molecule has 1 saturated heterocycles. The highest BCUT2D eigenvalue weighted by Crippen LogP contribution is 2.30. The molecule has 6 nitrogen and oxygen atoms in total. The molecule has 2 aromatic rings. The van der Waals surface area contributed by atoms with Crippen LogP contribution in [0.4, 0.5) is 4.79 Å². The summed E-state index contributed by atoms with van der Waals surface area (Å²) in [6, 6.07) is 14.3. The van der Waals surface area contributed by atoms with Crippen molar-refractivity contribution in [3.8, 4) is 5.75 Å². The van der Waals surface area contributed by atoms with Crippen LogP contribution in [0.2, 0.25) is 0 Å². The molecular formula is C21H23N3O3. The van der Waals surface area contributed by atoms with Crippen molar-refractivity contribution < 1.29 is 14.3 Å². The van der Waals surface area contributed by atoms with Crippen LogP contribution in [0.5, 0.6) is 5.75 Å². The molecule has 1 atom stereocenters. The van der Waals surface area contributed by atoms with E-state index < -0.39 is 17.5 Å². The van der Waals surface area contributed by atoms with Crippen molar-refractivity contribution in [1.29, 1.82) is 0 Å². The zero-order chi connectivity index (χ0) is 19.6. The van der Waals surface area contributed by atoms with Gasteiger partial charge in [0.05, 0.1) is 13.3 Å². The molecule has 0 aromatic heterocycles. The number of methoxy groups -OCH3 is 1. The summed E-state index contributed by atoms with van der Waals surface area (Å²) in [6.07, 6.45) is 1.52. The van der Waals surface area contributed by atoms with Gasteiger partial charge in [-0.05, 0) is 41.7 Å². The fourth-order valence-corrected chi connectivity index (χ4v) is 2.94. The Hall–Kier alpha value is -3.15. The maximum atomic E-state index is 12.9. The fraction of sp³-hybridized carbons (Fsp3) is 0.286. The number of benzene rings is 2. The Morgan fingerprint density at radius 2 is 1.70 bits per heavy atom. The van der Waals surface area contributed by atoms with Gasteiger partial charge >= 0.3 is 6.03 Å². The minimum atomic E-state index is -1.16. The van der Waals surface area contributed by atoms with Crippen molar-refractivity contribution in [1.82, 2.24) is 10.3 Å². The highest BCUT2D eigenvalue weighted by atomic mass is 16.5. The van der Waals surface area contributed by atoms with Crippen molar-refractivity contribution in [2.24, 2.45) is 5.10 Å². The van der Waals surface area contributed by atoms with Gasteiger partial charge in [0.2, 0.25) is 0 Å². The molecule has 140 valence electrons. The van der Waals surface area contributed by atoms with Gasteiger partial charge < -0.3 is 10.1 Å². The van der Waals surface area contributed by atoms with Gasteiger partial charge in [-0.2, -0.15) is 5.10 Å². The molecule has 0 radical (unpaired) electrons. The predicted octanol–water partition coefficient (Wildman–Crippen LogP) is 3.62. The Kier molecular flexibility index (Phi) is 4.99. The molecule has 0 unspecified atom stereocenters. The van der Waals surface area contributed by atoms with Crippen LogP contribution in [-0.4, -0.2) is 30.3 Å². The first-order chi connectivity index (χ1) is 12.8. The average Bonchev–Trinajstić information content (AvgIpc) is 2.90. The number of hydrogen-bond donors (Lipinski definition) is 1. The van der Waals surface area contributed by atoms with Crippen molar-refractivity contribution in [2.75, 3.05) is 7.11 Å². The maximum absolute atomic E-state index is 12.9. The first kappa shape index (κ1) is 18.6. The largest absolute Gasteiger partial charge is 0.497 e. The second kappa shape index (κ2) is 7.23. The maximum Gasteiger partial charge on any atom is 0.346 e. The minimum Gasteiger partial charge on any atom is -0.497 e. The van der Waals surface area contributed by atoms with E-state index in [9.17, 15) is 9.59 Å². The molecule has 0 spiro atoms. The van der Waals surface area contributed by atoms with Crippen LogP contribution in [0.3, 0.4) is 0 Å². The number of hydrazone groups is 1. The first-order valence-electron chi connectivity index (χ1n) is 8.80. The summed E-state index contributed by atoms with van der Waals surface area (Å²) in [5.74, 6) is 0.693. The molecule has 1 heterocycles. The van der Waals surface area contributed by atoms with E-state index in [1.807, 2.05) is 24.3 Å². The number of carbonyl (C=O) groups is 2. The first-order valence-corrected chi connectivity index (χ1v) is 8.80. The normalized spacial score (nSPS) is 19.8. The molecule has 27 heavy (non-hydrogen) atoms. The number of carbonyl (C=O) groups excluding carboxylic acids is 2. The van der Waals surface area contributed by atoms with Gasteiger partial charge in [-0.15, -0.1) is 5.01 Å². The minimum absolute atomic E-state index is 0.423. The van der Waals surface area contributed by atoms with E-state index in [-0.39, 0.29) is 0 Å². The topological polar surface area (TPSA) is 71.0 Å². The molecular weight excluding hydrogens is 342 g/mol. The summed E-state index contributed by atoms with van der Waals surface area (Å²) in [7, 11) is 1.57. The van der Waals surface area contributed by atoms with Crippen LogP contribution in [0.15, 0.2) is 53.6 Å². The van der Waals surface area contributed by atoms with E-state index in [1.165, 1.54) is 11.8 Å². The zero-order valence-electron chi connectivity index (χ0n) is 15.9. The van der Waals surface area contributed by atoms with Crippen molar-refractivity contribution in [3.05, 3.63) is 65.2 Å². The summed E-state index contributed by atoms with van der Waals surface area (Å²) >= 11 is 0. The smallest absolute Gasteiger partial charge is 0.346 e. The molecule has 0 saturated carbocycles. The molecule has 2 aromatic carbocycles. The van der Waals surface area contributed by atoms with E-state index in [0.717, 1.165) is 10.6 Å². The van der Waals surface area contributed by atoms with E-state index in [1.54, 1.807) is 38.3 Å². The summed E-state index contributed by atoms with van der Waals surface area (Å²) in [5.41, 5.74) is 1.54. The van der Waals surface area contributed by atoms with Gasteiger partial charge in [-0.25, -0.2) is 4.79 Å². The molecule has 6 heteroatoms. The molecule has 1 N–H and O–H groups in total. The standard InChI is InChI=1S/C21H23N3O3/c1-14(2)16-7-5-15(6-8-16)13-22-24-19(25)21(3,23-20(24)26)17-9-11-18(27-4)12-10-17/h5-14H,1-4H3,(H,23,26)/b22-13-/t21-/m0/s1. The van der Waals surface area contributed by atoms with Crippen LogP contribution in [0.1, 0.15) is 43.4 Å². The van der Waals surface area contributed by atoms with E-state index >= 15 is 0 Å². The third kappa shape index (κ3) is 3.56. The number of urea groups is 1. The molecule has 1 fully saturated rings. The van der Waals surface area contributed by atoms with Gasteiger partial charge in [0.25, 0.3) is 5.91 Å². The number of nitrogens with one attached hydrogen (secondary N) is 1. The number of amides is 3. The second-order valence-corrected chi connectivity index (χ2v) is 6.97. The quantitative estimate of drug-likeness (QED) is 0.650. The fourth-order valence-electron chi connectivity index (χ4n) is 2.94. The molecule has 1 aliphatic heterocycles. The van der Waals surface area contributed by atoms with Crippen molar-refractivity contribution in [2.45, 2.75) is 32.2 Å². The Morgan fingerprint density at radius 1 is 1.07 bits per heavy atom. The van der Waals surface area contributed by atoms with Gasteiger partial charge in [-0.3, -0.25) is 4.79 Å². The number of imide groups is 1. The number of hydrogen-bond acceptors (Lipinski definition) is 4. The van der Waals surface area contributed by atoms with E-state index in [2.05, 4.69) is 24.3 Å². The number of rotatable bonds is 5. The lowest BCUT2D eigenvalue weighted by molar-refractivity contribution is -0.131. The van der Waals surface area contributed by atoms with Gasteiger partial charge in [0, 0.05) is 0 Å². The molecule has 0 bridgehead atoms. The molecule has 0 aliphatic carbocycles. The molecule has 3 rings (SSSR count). The molecule has 1 aliphatic rings. The number of nitrogens with zero attached hydrogens (tertiary/aromatic N) is 2. The summed E-state index contributed by atoms with van der Waals surface area (Å²) in [6.45, 7) is 5.91. The lowest BCUT2D eigenvalue weighted by atomic mass is 9.92. The Labute approximate surface area is 158 Å². The lowest BCUT2D eigenvalue weighted by Crippen LogP contribution is -2.40. The summed E-state index contributed by atoms with van der Waals surface area (Å²) in [4.78, 5) is 25.2. The highest BCUT2D eigenvalue weighted by Gasteiger charge is 2.49. The SMILES string of the molecule is COc1ccc([C@]2(C)NC(=O)N(/N=C\c3ccc(C(C)C)cc3)C2=O)cc1. The van der Waals surface area contributed by atoms with E-state index in [4.69, 9.17) is 4.74 Å². The molecule has 3 amide bonds. The van der Waals surface area contributed by atoms with Crippen LogP contribution in [0, 0.1) is 0 Å². The Balaban J connectivity index is 1.80. The number of ether oxygens (including phenoxy) is 1. The predicted molar refractivity (Wildman–Crippen MR) is 104 cm³/mol. The van der Waals surface area contributed by atoms with Crippen LogP contribution >= 0.6 is 0 Å². The van der Waals surface area contributed by atoms with Gasteiger partial charge in [-0.1, -0.05) is 50.2 Å². The van der Waals surface area contributed by atoms with Crippen LogP contribution in [0.25, 0.3) is 0 Å². The Morgan fingerprint density at radius 3 is 2.26 bits per heavy atom. The summed E-state index contributed by atoms with van der Waals surface area (Å²) < 4.78 is 5.14.